The summed E-state index contributed by atoms with van der Waals surface area (Å²) in [6.07, 6.45) is 1.76. The predicted octanol–water partition coefficient (Wildman–Crippen LogP) is 0.321. The van der Waals surface area contributed by atoms with Crippen molar-refractivity contribution in [2.45, 2.75) is 26.6 Å². The first-order valence-electron chi connectivity index (χ1n) is 3.62. The molecule has 0 fully saturated rings. The SMILES string of the molecule is CC#COCC(CC)C(O)O. The number of aliphatic hydroxyl groups excluding tert-OH is 1. The number of aliphatic hydroxyl groups is 2. The van der Waals surface area contributed by atoms with Crippen LogP contribution in [0.3, 0.4) is 0 Å². The fourth-order valence-corrected chi connectivity index (χ4v) is 0.636. The van der Waals surface area contributed by atoms with Gasteiger partial charge in [-0.25, -0.2) is 0 Å². The Kier molecular flexibility index (Phi) is 5.63. The summed E-state index contributed by atoms with van der Waals surface area (Å²) < 4.78 is 4.82. The average molecular weight is 158 g/mol. The van der Waals surface area contributed by atoms with Crippen molar-refractivity contribution in [2.24, 2.45) is 5.92 Å². The Hall–Kier alpha value is -0.720. The molecule has 0 radical (unpaired) electrons. The lowest BCUT2D eigenvalue weighted by atomic mass is 10.1. The molecule has 0 spiro atoms. The molecular formula is C8H14O3. The molecule has 3 nitrogen and oxygen atoms in total. The minimum Gasteiger partial charge on any atom is -0.446 e. The van der Waals surface area contributed by atoms with E-state index in [1.54, 1.807) is 6.92 Å². The van der Waals surface area contributed by atoms with Crippen LogP contribution < -0.4 is 0 Å². The molecule has 1 atom stereocenters. The number of hydrogen-bond donors (Lipinski definition) is 2. The monoisotopic (exact) mass is 158 g/mol. The van der Waals surface area contributed by atoms with Gasteiger partial charge in [0.05, 0.1) is 0 Å². The maximum atomic E-state index is 8.74. The van der Waals surface area contributed by atoms with Crippen molar-refractivity contribution >= 4 is 0 Å². The molecule has 0 amide bonds. The van der Waals surface area contributed by atoms with E-state index >= 15 is 0 Å². The lowest BCUT2D eigenvalue weighted by Gasteiger charge is -2.14. The maximum Gasteiger partial charge on any atom is 0.157 e. The zero-order valence-electron chi connectivity index (χ0n) is 6.87. The maximum absolute atomic E-state index is 8.74. The molecule has 1 unspecified atom stereocenters. The van der Waals surface area contributed by atoms with E-state index < -0.39 is 6.29 Å². The lowest BCUT2D eigenvalue weighted by Crippen LogP contribution is -2.23. The molecule has 3 heteroatoms. The smallest absolute Gasteiger partial charge is 0.157 e. The van der Waals surface area contributed by atoms with E-state index in [-0.39, 0.29) is 12.5 Å². The first-order chi connectivity index (χ1) is 5.22. The predicted molar refractivity (Wildman–Crippen MR) is 41.4 cm³/mol. The van der Waals surface area contributed by atoms with Crippen LogP contribution in [-0.4, -0.2) is 23.1 Å². The molecule has 2 N–H and O–H groups in total. The molecule has 0 heterocycles. The van der Waals surface area contributed by atoms with E-state index in [9.17, 15) is 0 Å². The summed E-state index contributed by atoms with van der Waals surface area (Å²) in [7, 11) is 0. The van der Waals surface area contributed by atoms with Crippen LogP contribution in [0.2, 0.25) is 0 Å². The fourth-order valence-electron chi connectivity index (χ4n) is 0.636. The molecule has 0 bridgehead atoms. The van der Waals surface area contributed by atoms with Crippen molar-refractivity contribution in [3.05, 3.63) is 0 Å². The Morgan fingerprint density at radius 1 is 1.45 bits per heavy atom. The first kappa shape index (κ1) is 10.3. The summed E-state index contributed by atoms with van der Waals surface area (Å²) in [5.74, 6) is 2.31. The van der Waals surface area contributed by atoms with Crippen molar-refractivity contribution in [1.82, 2.24) is 0 Å². The lowest BCUT2D eigenvalue weighted by molar-refractivity contribution is -0.0969. The minimum atomic E-state index is -1.31. The van der Waals surface area contributed by atoms with E-state index in [2.05, 4.69) is 12.0 Å². The Balaban J connectivity index is 3.58. The summed E-state index contributed by atoms with van der Waals surface area (Å²) in [6.45, 7) is 3.80. The average Bonchev–Trinajstić information content (AvgIpc) is 1.97. The van der Waals surface area contributed by atoms with Crippen molar-refractivity contribution in [3.8, 4) is 12.0 Å². The van der Waals surface area contributed by atoms with Crippen LogP contribution in [0.4, 0.5) is 0 Å². The van der Waals surface area contributed by atoms with Gasteiger partial charge in [0.15, 0.2) is 6.29 Å². The normalized spacial score (nSPS) is 12.1. The van der Waals surface area contributed by atoms with Crippen molar-refractivity contribution < 1.29 is 14.9 Å². The fraction of sp³-hybridized carbons (Fsp3) is 0.750. The topological polar surface area (TPSA) is 49.7 Å². The Morgan fingerprint density at radius 3 is 2.45 bits per heavy atom. The zero-order valence-corrected chi connectivity index (χ0v) is 6.87. The second-order valence-corrected chi connectivity index (χ2v) is 2.25. The molecule has 0 rings (SSSR count). The first-order valence-corrected chi connectivity index (χ1v) is 3.62. The standard InChI is InChI=1S/C8H14O3/c1-3-5-11-6-7(4-2)8(9)10/h7-10H,4,6H2,1-2H3. The number of ether oxygens (including phenoxy) is 1. The van der Waals surface area contributed by atoms with Crippen molar-refractivity contribution in [2.75, 3.05) is 6.61 Å². The van der Waals surface area contributed by atoms with Gasteiger partial charge in [0.1, 0.15) is 12.7 Å². The van der Waals surface area contributed by atoms with Gasteiger partial charge in [-0.2, -0.15) is 0 Å². The van der Waals surface area contributed by atoms with Crippen molar-refractivity contribution in [1.29, 1.82) is 0 Å². The third kappa shape index (κ3) is 4.65. The quantitative estimate of drug-likeness (QED) is 0.457. The number of rotatable bonds is 4. The largest absolute Gasteiger partial charge is 0.446 e. The summed E-state index contributed by atoms with van der Waals surface area (Å²) >= 11 is 0. The zero-order chi connectivity index (χ0) is 8.69. The molecule has 64 valence electrons. The third-order valence-corrected chi connectivity index (χ3v) is 1.42. The molecule has 0 aromatic heterocycles. The minimum absolute atomic E-state index is 0.240. The van der Waals surface area contributed by atoms with Crippen LogP contribution in [0.15, 0.2) is 0 Å². The Labute approximate surface area is 67.0 Å². The molecule has 0 saturated carbocycles. The van der Waals surface area contributed by atoms with Gasteiger partial charge in [-0.05, 0) is 6.42 Å². The molecule has 0 aliphatic heterocycles. The molecule has 11 heavy (non-hydrogen) atoms. The summed E-state index contributed by atoms with van der Waals surface area (Å²) in [5.41, 5.74) is 0. The molecular weight excluding hydrogens is 144 g/mol. The highest BCUT2D eigenvalue weighted by molar-refractivity contribution is 4.85. The van der Waals surface area contributed by atoms with E-state index in [1.165, 1.54) is 0 Å². The van der Waals surface area contributed by atoms with E-state index in [0.717, 1.165) is 0 Å². The van der Waals surface area contributed by atoms with Gasteiger partial charge in [-0.1, -0.05) is 12.8 Å². The van der Waals surface area contributed by atoms with Crippen LogP contribution in [0, 0.1) is 17.9 Å². The van der Waals surface area contributed by atoms with Crippen LogP contribution in [0.1, 0.15) is 20.3 Å². The number of hydrogen-bond acceptors (Lipinski definition) is 3. The van der Waals surface area contributed by atoms with Gasteiger partial charge < -0.3 is 14.9 Å². The second-order valence-electron chi connectivity index (χ2n) is 2.25. The summed E-state index contributed by atoms with van der Waals surface area (Å²) in [6, 6.07) is 0. The van der Waals surface area contributed by atoms with Gasteiger partial charge in [-0.3, -0.25) is 0 Å². The summed E-state index contributed by atoms with van der Waals surface area (Å²) in [4.78, 5) is 0. The van der Waals surface area contributed by atoms with Crippen LogP contribution >= 0.6 is 0 Å². The van der Waals surface area contributed by atoms with Gasteiger partial charge in [0.25, 0.3) is 0 Å². The molecule has 0 aliphatic carbocycles. The molecule has 0 aromatic rings. The van der Waals surface area contributed by atoms with E-state index in [0.29, 0.717) is 6.42 Å². The summed E-state index contributed by atoms with van der Waals surface area (Å²) in [5, 5.41) is 17.5. The third-order valence-electron chi connectivity index (χ3n) is 1.42. The van der Waals surface area contributed by atoms with Gasteiger partial charge in [0, 0.05) is 12.8 Å². The molecule has 0 saturated heterocycles. The van der Waals surface area contributed by atoms with Gasteiger partial charge in [-0.15, -0.1) is 0 Å². The van der Waals surface area contributed by atoms with E-state index in [4.69, 9.17) is 14.9 Å². The van der Waals surface area contributed by atoms with Crippen LogP contribution in [-0.2, 0) is 4.74 Å². The van der Waals surface area contributed by atoms with Gasteiger partial charge in [0.2, 0.25) is 0 Å². The molecule has 0 aliphatic rings. The molecule has 0 aromatic carbocycles. The second kappa shape index (κ2) is 6.02. The van der Waals surface area contributed by atoms with Crippen LogP contribution in [0.25, 0.3) is 0 Å². The highest BCUT2D eigenvalue weighted by Crippen LogP contribution is 2.06. The highest BCUT2D eigenvalue weighted by atomic mass is 16.5. The van der Waals surface area contributed by atoms with Crippen LogP contribution in [0.5, 0.6) is 0 Å². The Bertz CT molecular complexity index is 143. The Morgan fingerprint density at radius 2 is 2.09 bits per heavy atom. The highest BCUT2D eigenvalue weighted by Gasteiger charge is 2.14. The van der Waals surface area contributed by atoms with Crippen molar-refractivity contribution in [3.63, 3.8) is 0 Å². The van der Waals surface area contributed by atoms with Gasteiger partial charge >= 0.3 is 0 Å². The van der Waals surface area contributed by atoms with E-state index in [1.807, 2.05) is 6.92 Å².